The summed E-state index contributed by atoms with van der Waals surface area (Å²) in [6.45, 7) is 3.62. The summed E-state index contributed by atoms with van der Waals surface area (Å²) in [5.74, 6) is 0.897. The van der Waals surface area contributed by atoms with Gasteiger partial charge >= 0.3 is 0 Å². The van der Waals surface area contributed by atoms with Crippen molar-refractivity contribution in [3.05, 3.63) is 47.9 Å². The Kier molecular flexibility index (Phi) is 4.41. The second-order valence-electron chi connectivity index (χ2n) is 7.83. The molecule has 2 aliphatic heterocycles. The van der Waals surface area contributed by atoms with Crippen LogP contribution < -0.4 is 4.90 Å². The first kappa shape index (κ1) is 19.2. The van der Waals surface area contributed by atoms with E-state index in [0.717, 1.165) is 34.8 Å². The molecule has 0 saturated carbocycles. The van der Waals surface area contributed by atoms with Gasteiger partial charge in [-0.15, -0.1) is 0 Å². The smallest absolute Gasteiger partial charge is 0.243 e. The van der Waals surface area contributed by atoms with E-state index < -0.39 is 10.0 Å². The Morgan fingerprint density at radius 1 is 1.23 bits per heavy atom. The quantitative estimate of drug-likeness (QED) is 0.639. The highest BCUT2D eigenvalue weighted by Crippen LogP contribution is 2.34. The van der Waals surface area contributed by atoms with Gasteiger partial charge in [0.2, 0.25) is 15.9 Å². The van der Waals surface area contributed by atoms with E-state index in [0.29, 0.717) is 19.5 Å². The highest BCUT2D eigenvalue weighted by atomic mass is 32.2. The first-order valence-corrected chi connectivity index (χ1v) is 11.5. The average Bonchev–Trinajstić information content (AvgIpc) is 3.44. The molecule has 1 amide bonds. The average molecular weight is 426 g/mol. The zero-order valence-corrected chi connectivity index (χ0v) is 17.8. The highest BCUT2D eigenvalue weighted by Gasteiger charge is 2.36. The summed E-state index contributed by atoms with van der Waals surface area (Å²) in [6, 6.07) is 8.76. The Balaban J connectivity index is 1.44. The maximum absolute atomic E-state index is 13.3. The van der Waals surface area contributed by atoms with Crippen LogP contribution in [0.25, 0.3) is 11.2 Å². The van der Waals surface area contributed by atoms with E-state index in [2.05, 4.69) is 9.55 Å². The van der Waals surface area contributed by atoms with E-state index in [9.17, 15) is 13.2 Å². The molecular formula is C21H23N5O3S. The summed E-state index contributed by atoms with van der Waals surface area (Å²) >= 11 is 0. The van der Waals surface area contributed by atoms with Crippen molar-refractivity contribution in [2.45, 2.75) is 37.1 Å². The van der Waals surface area contributed by atoms with Crippen LogP contribution in [0.4, 0.5) is 5.69 Å². The third kappa shape index (κ3) is 2.84. The summed E-state index contributed by atoms with van der Waals surface area (Å²) < 4.78 is 30.2. The van der Waals surface area contributed by atoms with Crippen LogP contribution in [0.1, 0.15) is 30.7 Å². The molecule has 0 radical (unpaired) electrons. The number of pyridine rings is 1. The first-order chi connectivity index (χ1) is 14.4. The van der Waals surface area contributed by atoms with Gasteiger partial charge in [0.15, 0.2) is 5.65 Å². The van der Waals surface area contributed by atoms with Gasteiger partial charge in [-0.2, -0.15) is 4.31 Å². The number of imidazole rings is 1. The second kappa shape index (κ2) is 6.88. The molecule has 1 atom stereocenters. The number of rotatable bonds is 4. The molecule has 30 heavy (non-hydrogen) atoms. The first-order valence-electron chi connectivity index (χ1n) is 10.1. The molecule has 3 aromatic rings. The predicted octanol–water partition coefficient (Wildman–Crippen LogP) is 2.15. The number of hydrogen-bond donors (Lipinski definition) is 0. The van der Waals surface area contributed by atoms with Gasteiger partial charge in [-0.05, 0) is 49.2 Å². The molecule has 0 N–H and O–H groups in total. The lowest BCUT2D eigenvalue weighted by molar-refractivity contribution is -0.117. The summed E-state index contributed by atoms with van der Waals surface area (Å²) in [6.07, 6.45) is 2.71. The number of hydrogen-bond acceptors (Lipinski definition) is 5. The summed E-state index contributed by atoms with van der Waals surface area (Å²) in [5, 5.41) is 0. The van der Waals surface area contributed by atoms with Crippen LogP contribution in [0.2, 0.25) is 0 Å². The Morgan fingerprint density at radius 2 is 2.07 bits per heavy atom. The molecule has 5 rings (SSSR count). The van der Waals surface area contributed by atoms with Crippen LogP contribution in [-0.2, 0) is 27.8 Å². The summed E-state index contributed by atoms with van der Waals surface area (Å²) in [4.78, 5) is 22.9. The Bertz CT molecular complexity index is 1270. The topological polar surface area (TPSA) is 88.4 Å². The molecule has 0 unspecified atom stereocenters. The molecule has 4 heterocycles. The van der Waals surface area contributed by atoms with E-state index in [4.69, 9.17) is 4.98 Å². The van der Waals surface area contributed by atoms with Gasteiger partial charge in [0, 0.05) is 44.5 Å². The lowest BCUT2D eigenvalue weighted by Crippen LogP contribution is -2.29. The lowest BCUT2D eigenvalue weighted by atomic mass is 10.1. The number of fused-ring (bicyclic) bond motifs is 2. The van der Waals surface area contributed by atoms with Crippen molar-refractivity contribution in [1.82, 2.24) is 18.8 Å². The maximum Gasteiger partial charge on any atom is 0.243 e. The van der Waals surface area contributed by atoms with Crippen LogP contribution in [-0.4, -0.2) is 53.3 Å². The van der Waals surface area contributed by atoms with Crippen LogP contribution in [0.15, 0.2) is 41.4 Å². The van der Waals surface area contributed by atoms with Crippen molar-refractivity contribution in [3.8, 4) is 0 Å². The molecule has 0 spiro atoms. The molecule has 156 valence electrons. The van der Waals surface area contributed by atoms with Crippen molar-refractivity contribution in [2.24, 2.45) is 0 Å². The molecule has 8 nitrogen and oxygen atoms in total. The normalized spacial score (nSPS) is 19.7. The standard InChI is InChI=1S/C21H23N5O3S/c1-3-26-20(23-17-5-4-9-22-21(17)26)14-8-10-25(13-14)30(28,29)16-6-7-18-15(11-16)12-19(27)24(18)2/h4-7,9,11,14H,3,8,10,12-13H2,1-2H3/t14-/m0/s1. The number of aromatic nitrogens is 3. The summed E-state index contributed by atoms with van der Waals surface area (Å²) in [5.41, 5.74) is 3.22. The van der Waals surface area contributed by atoms with Gasteiger partial charge in [-0.1, -0.05) is 0 Å². The monoisotopic (exact) mass is 425 g/mol. The third-order valence-electron chi connectivity index (χ3n) is 6.13. The van der Waals surface area contributed by atoms with Gasteiger partial charge in [0.05, 0.1) is 11.3 Å². The van der Waals surface area contributed by atoms with Gasteiger partial charge in [-0.3, -0.25) is 4.79 Å². The Labute approximate surface area is 175 Å². The molecule has 2 aromatic heterocycles. The third-order valence-corrected chi connectivity index (χ3v) is 7.99. The van der Waals surface area contributed by atoms with Gasteiger partial charge in [-0.25, -0.2) is 18.4 Å². The van der Waals surface area contributed by atoms with Crippen molar-refractivity contribution in [2.75, 3.05) is 25.0 Å². The van der Waals surface area contributed by atoms with Crippen LogP contribution in [0.5, 0.6) is 0 Å². The molecule has 9 heteroatoms. The number of likely N-dealkylation sites (N-methyl/N-ethyl adjacent to an activating group) is 1. The number of nitrogens with zero attached hydrogens (tertiary/aromatic N) is 5. The minimum atomic E-state index is -3.63. The molecule has 1 saturated heterocycles. The predicted molar refractivity (Wildman–Crippen MR) is 113 cm³/mol. The number of carbonyl (C=O) groups is 1. The largest absolute Gasteiger partial charge is 0.315 e. The fourth-order valence-corrected chi connectivity index (χ4v) is 6.06. The van der Waals surface area contributed by atoms with Gasteiger partial charge < -0.3 is 9.47 Å². The molecular weight excluding hydrogens is 402 g/mol. The number of aryl methyl sites for hydroxylation is 1. The Morgan fingerprint density at radius 3 is 2.87 bits per heavy atom. The van der Waals surface area contributed by atoms with Crippen molar-refractivity contribution >= 4 is 32.8 Å². The van der Waals surface area contributed by atoms with Gasteiger partial charge in [0.1, 0.15) is 11.3 Å². The van der Waals surface area contributed by atoms with Crippen molar-refractivity contribution in [1.29, 1.82) is 0 Å². The minimum absolute atomic E-state index is 0.0205. The lowest BCUT2D eigenvalue weighted by Gasteiger charge is -2.18. The van der Waals surface area contributed by atoms with E-state index in [1.54, 1.807) is 36.3 Å². The highest BCUT2D eigenvalue weighted by molar-refractivity contribution is 7.89. The molecule has 0 aliphatic carbocycles. The zero-order valence-electron chi connectivity index (χ0n) is 16.9. The van der Waals surface area contributed by atoms with E-state index in [1.807, 2.05) is 19.1 Å². The van der Waals surface area contributed by atoms with E-state index >= 15 is 0 Å². The maximum atomic E-state index is 13.3. The number of carbonyl (C=O) groups excluding carboxylic acids is 1. The van der Waals surface area contributed by atoms with Crippen LogP contribution in [0, 0.1) is 0 Å². The second-order valence-corrected chi connectivity index (χ2v) is 9.77. The van der Waals surface area contributed by atoms with E-state index in [1.165, 1.54) is 4.31 Å². The summed E-state index contributed by atoms with van der Waals surface area (Å²) in [7, 11) is -1.92. The van der Waals surface area contributed by atoms with Crippen LogP contribution >= 0.6 is 0 Å². The Hall–Kier alpha value is -2.78. The molecule has 1 fully saturated rings. The molecule has 2 aliphatic rings. The molecule has 1 aromatic carbocycles. The fourth-order valence-electron chi connectivity index (χ4n) is 4.51. The number of sulfonamides is 1. The van der Waals surface area contributed by atoms with Gasteiger partial charge in [0.25, 0.3) is 0 Å². The van der Waals surface area contributed by atoms with Crippen molar-refractivity contribution < 1.29 is 13.2 Å². The van der Waals surface area contributed by atoms with E-state index in [-0.39, 0.29) is 23.1 Å². The fraction of sp³-hybridized carbons (Fsp3) is 0.381. The number of anilines is 1. The number of amides is 1. The number of benzene rings is 1. The SMILES string of the molecule is CCn1c([C@H]2CCN(S(=O)(=O)c3ccc4c(c3)CC(=O)N4C)C2)nc2cccnc21. The van der Waals surface area contributed by atoms with Crippen LogP contribution in [0.3, 0.4) is 0 Å². The minimum Gasteiger partial charge on any atom is -0.315 e. The zero-order chi connectivity index (χ0) is 21.0. The molecule has 0 bridgehead atoms. The van der Waals surface area contributed by atoms with Crippen molar-refractivity contribution in [3.63, 3.8) is 0 Å².